The second-order valence-corrected chi connectivity index (χ2v) is 16.9. The molecule has 0 atom stereocenters. The van der Waals surface area contributed by atoms with Crippen LogP contribution >= 0.6 is 0 Å². The largest absolute Gasteiger partial charge is 0.344 e. The van der Waals surface area contributed by atoms with Gasteiger partial charge in [0.05, 0.1) is 35.9 Å². The molecule has 0 aliphatic carbocycles. The molecule has 0 saturated carbocycles. The van der Waals surface area contributed by atoms with Crippen molar-refractivity contribution in [2.75, 3.05) is 31.4 Å². The van der Waals surface area contributed by atoms with Gasteiger partial charge in [0.25, 0.3) is 27.8 Å². The van der Waals surface area contributed by atoms with E-state index >= 15 is 0 Å². The van der Waals surface area contributed by atoms with Gasteiger partial charge < -0.3 is 9.74 Å². The van der Waals surface area contributed by atoms with Crippen LogP contribution in [0.5, 0.6) is 0 Å². The van der Waals surface area contributed by atoms with Crippen LogP contribution in [-0.4, -0.2) is 79.0 Å². The lowest BCUT2D eigenvalue weighted by Gasteiger charge is -2.27. The molecule has 5 rings (SSSR count). The predicted molar refractivity (Wildman–Crippen MR) is 210 cm³/mol. The number of rotatable bonds is 16. The standard InChI is InChI=1S/C41H51N5O9S/c1-28-18-19-32-30(25-28)41(4,5)34(45(32)23-13-9-12-17-37(49)55-46-35(47)20-21-36(46)48)16-11-8-10-15-33-40(2,3)31-26-29(39(50)43(6)54-7)27-44(38(31)42-33)22-14-24-56(51,52)53/h8,10-11,15-16,18-19,25-27H,9,12-14,17,20-24H2,1-7H3/p+1. The molecule has 4 heterocycles. The molecule has 3 amide bonds. The summed E-state index contributed by atoms with van der Waals surface area (Å²) in [5.74, 6) is -1.74. The zero-order valence-electron chi connectivity index (χ0n) is 33.2. The number of nitrogens with zero attached hydrogens (tertiary/aromatic N) is 5. The average molecular weight is 791 g/mol. The third-order valence-electron chi connectivity index (χ3n) is 10.5. The van der Waals surface area contributed by atoms with Crippen LogP contribution in [0.25, 0.3) is 0 Å². The minimum atomic E-state index is -4.16. The van der Waals surface area contributed by atoms with Gasteiger partial charge in [-0.15, -0.1) is 5.06 Å². The van der Waals surface area contributed by atoms with Crippen LogP contribution in [0.2, 0.25) is 0 Å². The molecule has 1 fully saturated rings. The highest BCUT2D eigenvalue weighted by Gasteiger charge is 2.43. The SMILES string of the molecule is CON(C)C(=O)c1cc2c([n+](CCCS(=O)(=O)O)c1)N=C(/C=C/C=C/C=C1/N(CCCCCC(=O)ON3C(=O)CCC3=O)c3ccc(C)cc3C1(C)C)C2(C)C. The van der Waals surface area contributed by atoms with E-state index in [1.54, 1.807) is 16.8 Å². The van der Waals surface area contributed by atoms with Crippen LogP contribution in [0.4, 0.5) is 11.5 Å². The Hall–Kier alpha value is -4.99. The molecule has 0 bridgehead atoms. The lowest BCUT2D eigenvalue weighted by Crippen LogP contribution is -2.38. The van der Waals surface area contributed by atoms with E-state index in [4.69, 9.17) is 14.7 Å². The van der Waals surface area contributed by atoms with Crippen LogP contribution in [0.3, 0.4) is 0 Å². The average Bonchev–Trinajstić information content (AvgIpc) is 3.66. The van der Waals surface area contributed by atoms with Crippen molar-refractivity contribution < 1.29 is 46.4 Å². The van der Waals surface area contributed by atoms with Gasteiger partial charge in [-0.1, -0.05) is 56.2 Å². The van der Waals surface area contributed by atoms with Crippen LogP contribution in [0, 0.1) is 6.92 Å². The molecular formula is C41H52N5O9S+. The topological polar surface area (TPSA) is 167 Å². The summed E-state index contributed by atoms with van der Waals surface area (Å²) in [4.78, 5) is 66.3. The van der Waals surface area contributed by atoms with Crippen molar-refractivity contribution in [3.63, 3.8) is 0 Å². The number of carbonyl (C=O) groups excluding carboxylic acids is 4. The van der Waals surface area contributed by atoms with Gasteiger partial charge in [0, 0.05) is 56.1 Å². The molecule has 300 valence electrons. The number of anilines is 1. The maximum absolute atomic E-state index is 13.1. The van der Waals surface area contributed by atoms with Crippen molar-refractivity contribution in [1.29, 1.82) is 0 Å². The molecule has 0 unspecified atom stereocenters. The first-order chi connectivity index (χ1) is 26.3. The van der Waals surface area contributed by atoms with Crippen molar-refractivity contribution in [3.8, 4) is 0 Å². The fourth-order valence-electron chi connectivity index (χ4n) is 7.24. The number of benzene rings is 1. The van der Waals surface area contributed by atoms with E-state index in [2.05, 4.69) is 49.9 Å². The Kier molecular flexibility index (Phi) is 12.8. The summed E-state index contributed by atoms with van der Waals surface area (Å²) in [6, 6.07) is 8.27. The number of carbonyl (C=O) groups is 4. The Morgan fingerprint density at radius 2 is 1.70 bits per heavy atom. The number of aliphatic imine (C=N–C) groups is 1. The van der Waals surface area contributed by atoms with Gasteiger partial charge in [-0.05, 0) is 68.5 Å². The Morgan fingerprint density at radius 1 is 0.982 bits per heavy atom. The molecule has 1 saturated heterocycles. The van der Waals surface area contributed by atoms with Crippen LogP contribution < -0.4 is 9.47 Å². The number of aryl methyl sites for hydroxylation is 2. The number of hydrogen-bond donors (Lipinski definition) is 1. The molecule has 14 nitrogen and oxygen atoms in total. The van der Waals surface area contributed by atoms with Crippen molar-refractivity contribution in [3.05, 3.63) is 88.8 Å². The third kappa shape index (κ3) is 9.33. The van der Waals surface area contributed by atoms with Gasteiger partial charge in [0.1, 0.15) is 6.20 Å². The zero-order valence-corrected chi connectivity index (χ0v) is 34.0. The molecule has 0 spiro atoms. The minimum Gasteiger partial charge on any atom is -0.344 e. The number of fused-ring (bicyclic) bond motifs is 2. The van der Waals surface area contributed by atoms with E-state index < -0.39 is 39.1 Å². The maximum atomic E-state index is 13.1. The fraction of sp³-hybridized carbons (Fsp3) is 0.463. The summed E-state index contributed by atoms with van der Waals surface area (Å²) < 4.78 is 33.9. The van der Waals surface area contributed by atoms with Gasteiger partial charge in [-0.2, -0.15) is 8.42 Å². The maximum Gasteiger partial charge on any atom is 0.333 e. The summed E-state index contributed by atoms with van der Waals surface area (Å²) in [6.45, 7) is 11.5. The molecule has 3 aliphatic rings. The van der Waals surface area contributed by atoms with Crippen molar-refractivity contribution in [2.24, 2.45) is 4.99 Å². The van der Waals surface area contributed by atoms with E-state index in [9.17, 15) is 32.1 Å². The Labute approximate surface area is 328 Å². The number of imide groups is 1. The lowest BCUT2D eigenvalue weighted by atomic mass is 9.81. The number of hydroxylamine groups is 4. The highest BCUT2D eigenvalue weighted by molar-refractivity contribution is 7.85. The second kappa shape index (κ2) is 17.0. The van der Waals surface area contributed by atoms with E-state index in [1.807, 2.05) is 38.2 Å². The number of aromatic nitrogens is 1. The summed E-state index contributed by atoms with van der Waals surface area (Å²) in [5, 5.41) is 1.70. The number of pyridine rings is 1. The van der Waals surface area contributed by atoms with E-state index in [1.165, 1.54) is 25.3 Å². The molecule has 1 aromatic carbocycles. The van der Waals surface area contributed by atoms with Gasteiger partial charge >= 0.3 is 11.8 Å². The van der Waals surface area contributed by atoms with Gasteiger partial charge in [-0.25, -0.2) is 14.4 Å². The lowest BCUT2D eigenvalue weighted by molar-refractivity contribution is -0.684. The van der Waals surface area contributed by atoms with Gasteiger partial charge in [-0.3, -0.25) is 23.8 Å². The molecule has 2 aromatic rings. The smallest absolute Gasteiger partial charge is 0.333 e. The highest BCUT2D eigenvalue weighted by atomic mass is 32.2. The van der Waals surface area contributed by atoms with Crippen LogP contribution in [-0.2, 0) is 51.6 Å². The normalized spacial score (nSPS) is 18.0. The molecule has 1 N–H and O–H groups in total. The zero-order chi connectivity index (χ0) is 41.0. The Morgan fingerprint density at radius 3 is 2.38 bits per heavy atom. The number of unbranched alkanes of at least 4 members (excludes halogenated alkanes) is 2. The molecule has 15 heteroatoms. The molecule has 0 radical (unpaired) electrons. The van der Waals surface area contributed by atoms with E-state index in [-0.39, 0.29) is 43.6 Å². The van der Waals surface area contributed by atoms with Crippen LogP contribution in [0.15, 0.2) is 71.5 Å². The fourth-order valence-corrected chi connectivity index (χ4v) is 7.74. The van der Waals surface area contributed by atoms with E-state index in [0.29, 0.717) is 22.9 Å². The number of hydrogen-bond acceptors (Lipinski definition) is 10. The summed E-state index contributed by atoms with van der Waals surface area (Å²) in [7, 11) is -1.25. The summed E-state index contributed by atoms with van der Waals surface area (Å²) in [6.07, 6.45) is 14.0. The minimum absolute atomic E-state index is 0.0633. The summed E-state index contributed by atoms with van der Waals surface area (Å²) >= 11 is 0. The molecule has 3 aliphatic heterocycles. The number of amides is 3. The first kappa shape index (κ1) is 42.2. The monoisotopic (exact) mass is 790 g/mol. The Balaban J connectivity index is 1.30. The van der Waals surface area contributed by atoms with Crippen molar-refractivity contribution >= 4 is 51.0 Å². The van der Waals surface area contributed by atoms with E-state index in [0.717, 1.165) is 47.1 Å². The first-order valence-corrected chi connectivity index (χ1v) is 20.4. The third-order valence-corrected chi connectivity index (χ3v) is 11.3. The molecule has 1 aromatic heterocycles. The first-order valence-electron chi connectivity index (χ1n) is 18.8. The highest BCUT2D eigenvalue weighted by Crippen LogP contribution is 2.48. The van der Waals surface area contributed by atoms with Crippen LogP contribution in [0.1, 0.15) is 99.7 Å². The van der Waals surface area contributed by atoms with Gasteiger partial charge in [0.15, 0.2) is 5.71 Å². The summed E-state index contributed by atoms with van der Waals surface area (Å²) in [5.41, 5.74) is 5.72. The van der Waals surface area contributed by atoms with Gasteiger partial charge in [0.2, 0.25) is 0 Å². The molecule has 56 heavy (non-hydrogen) atoms. The van der Waals surface area contributed by atoms with Crippen molar-refractivity contribution in [2.45, 2.75) is 96.9 Å². The van der Waals surface area contributed by atoms with Crippen molar-refractivity contribution in [1.82, 2.24) is 10.1 Å². The number of allylic oxidation sites excluding steroid dienone is 6. The molecular weight excluding hydrogens is 739 g/mol. The predicted octanol–water partition coefficient (Wildman–Crippen LogP) is 5.52. The second-order valence-electron chi connectivity index (χ2n) is 15.4. The quantitative estimate of drug-likeness (QED) is 0.0572. The Bertz CT molecular complexity index is 2120.